The smallest absolute Gasteiger partial charge is 0.319 e. The Morgan fingerprint density at radius 3 is 2.78 bits per heavy atom. The molecule has 9 nitrogen and oxygen atoms in total. The number of aliphatic hydroxyl groups is 1. The summed E-state index contributed by atoms with van der Waals surface area (Å²) < 4.78 is 0. The van der Waals surface area contributed by atoms with Crippen molar-refractivity contribution in [3.8, 4) is 0 Å². The molecule has 2 aromatic heterocycles. The maximum Gasteiger partial charge on any atom is 0.319 e. The third-order valence-electron chi connectivity index (χ3n) is 2.05. The van der Waals surface area contributed by atoms with E-state index in [0.717, 1.165) is 11.8 Å². The third-order valence-corrected chi connectivity index (χ3v) is 3.10. The number of aliphatic hydroxyl groups excluding tert-OH is 1. The molecule has 2 rings (SSSR count). The van der Waals surface area contributed by atoms with E-state index in [0.29, 0.717) is 0 Å². The molecular weight excluding hydrogens is 262 g/mol. The molecule has 0 aliphatic rings. The van der Waals surface area contributed by atoms with Crippen LogP contribution in [-0.4, -0.2) is 48.0 Å². The highest BCUT2D eigenvalue weighted by atomic mass is 32.2. The highest BCUT2D eigenvalue weighted by Crippen LogP contribution is 2.21. The van der Waals surface area contributed by atoms with Gasteiger partial charge in [0, 0.05) is 0 Å². The first kappa shape index (κ1) is 12.4. The molecule has 0 aliphatic heterocycles. The number of carbonyl (C=O) groups is 1. The summed E-state index contributed by atoms with van der Waals surface area (Å²) in [5, 5.41) is 16.8. The number of thioether (sulfide) groups is 1. The Bertz CT molecular complexity index is 650. The van der Waals surface area contributed by atoms with Gasteiger partial charge in [-0.05, 0) is 0 Å². The van der Waals surface area contributed by atoms with Gasteiger partial charge in [-0.25, -0.2) is 4.98 Å². The van der Waals surface area contributed by atoms with E-state index < -0.39 is 23.4 Å². The minimum absolute atomic E-state index is 0.0764. The Morgan fingerprint density at radius 1 is 1.44 bits per heavy atom. The molecule has 0 spiro atoms. The van der Waals surface area contributed by atoms with E-state index in [2.05, 4.69) is 19.9 Å². The lowest BCUT2D eigenvalue weighted by molar-refractivity contribution is -0.137. The Kier molecular flexibility index (Phi) is 3.21. The monoisotopic (exact) mass is 271 g/mol. The van der Waals surface area contributed by atoms with Crippen molar-refractivity contribution in [1.29, 1.82) is 0 Å². The summed E-state index contributed by atoms with van der Waals surface area (Å²) in [5.41, 5.74) is 5.06. The van der Waals surface area contributed by atoms with Crippen LogP contribution in [0.25, 0.3) is 11.2 Å². The fourth-order valence-corrected chi connectivity index (χ4v) is 2.00. The number of aliphatic carboxylic acids is 1. The second kappa shape index (κ2) is 4.66. The predicted molar refractivity (Wildman–Crippen MR) is 63.3 cm³/mol. The fourth-order valence-electron chi connectivity index (χ4n) is 1.26. The summed E-state index contributed by atoms with van der Waals surface area (Å²) in [6, 6.07) is 0. The van der Waals surface area contributed by atoms with Gasteiger partial charge in [0.2, 0.25) is 5.95 Å². The molecule has 0 fully saturated rings. The zero-order valence-electron chi connectivity index (χ0n) is 8.88. The number of hydrogen-bond acceptors (Lipinski definition) is 7. The lowest BCUT2D eigenvalue weighted by Gasteiger charge is -2.04. The van der Waals surface area contributed by atoms with Crippen LogP contribution >= 0.6 is 11.8 Å². The number of H-pyrrole nitrogens is 2. The van der Waals surface area contributed by atoms with Crippen molar-refractivity contribution >= 4 is 34.8 Å². The number of nitrogens with two attached hydrogens (primary N) is 1. The van der Waals surface area contributed by atoms with E-state index in [9.17, 15) is 9.59 Å². The maximum atomic E-state index is 11.5. The van der Waals surface area contributed by atoms with E-state index in [1.807, 2.05) is 0 Å². The first-order valence-electron chi connectivity index (χ1n) is 4.77. The number of nitrogens with zero attached hydrogens (tertiary/aromatic N) is 2. The van der Waals surface area contributed by atoms with Crippen LogP contribution in [-0.2, 0) is 4.79 Å². The summed E-state index contributed by atoms with van der Waals surface area (Å²) in [5.74, 6) is -1.25. The molecule has 2 aromatic rings. The molecule has 0 aromatic carbocycles. The average Bonchev–Trinajstić information content (AvgIpc) is 2.68. The molecule has 96 valence electrons. The number of nitrogens with one attached hydrogen (secondary N) is 2. The number of aromatic nitrogens is 4. The molecular formula is C8H9N5O4S. The normalized spacial score (nSPS) is 12.7. The van der Waals surface area contributed by atoms with E-state index in [1.54, 1.807) is 0 Å². The van der Waals surface area contributed by atoms with Crippen molar-refractivity contribution in [2.75, 3.05) is 12.3 Å². The summed E-state index contributed by atoms with van der Waals surface area (Å²) in [4.78, 5) is 34.9. The van der Waals surface area contributed by atoms with Crippen LogP contribution in [0.3, 0.4) is 0 Å². The van der Waals surface area contributed by atoms with Crippen molar-refractivity contribution < 1.29 is 15.0 Å². The zero-order valence-corrected chi connectivity index (χ0v) is 9.69. The number of fused-ring (bicyclic) bond motifs is 1. The Hall–Kier alpha value is -2.07. The van der Waals surface area contributed by atoms with E-state index in [-0.39, 0.29) is 22.3 Å². The van der Waals surface area contributed by atoms with Gasteiger partial charge in [0.15, 0.2) is 16.3 Å². The van der Waals surface area contributed by atoms with Gasteiger partial charge < -0.3 is 20.9 Å². The van der Waals surface area contributed by atoms with E-state index >= 15 is 0 Å². The number of hydrogen-bond donors (Lipinski definition) is 5. The summed E-state index contributed by atoms with van der Waals surface area (Å²) in [7, 11) is 0. The van der Waals surface area contributed by atoms with Crippen molar-refractivity contribution in [1.82, 2.24) is 19.9 Å². The highest BCUT2D eigenvalue weighted by molar-refractivity contribution is 8.00. The third kappa shape index (κ3) is 2.28. The number of carboxylic acids is 1. The van der Waals surface area contributed by atoms with Gasteiger partial charge in [0.05, 0.1) is 6.61 Å². The van der Waals surface area contributed by atoms with Crippen molar-refractivity contribution in [2.24, 2.45) is 0 Å². The number of anilines is 1. The molecule has 18 heavy (non-hydrogen) atoms. The molecule has 0 saturated heterocycles. The van der Waals surface area contributed by atoms with Gasteiger partial charge in [-0.15, -0.1) is 0 Å². The molecule has 0 saturated carbocycles. The van der Waals surface area contributed by atoms with Crippen LogP contribution in [0.1, 0.15) is 0 Å². The minimum Gasteiger partial charge on any atom is -0.480 e. The fraction of sp³-hybridized carbons (Fsp3) is 0.250. The number of aromatic amines is 2. The van der Waals surface area contributed by atoms with Gasteiger partial charge in [-0.1, -0.05) is 11.8 Å². The quantitative estimate of drug-likeness (QED) is 0.432. The van der Waals surface area contributed by atoms with Gasteiger partial charge in [0.25, 0.3) is 5.56 Å². The Morgan fingerprint density at radius 2 is 2.17 bits per heavy atom. The second-order valence-corrected chi connectivity index (χ2v) is 4.51. The molecule has 2 heterocycles. The standard InChI is InChI=1S/C8H9N5O4S/c9-7-11-4-3(5(15)13-7)10-8(12-4)18-2(1-14)6(16)17/h2,14H,1H2,(H,16,17)(H4,9,10,11,12,13,15). The average molecular weight is 271 g/mol. The van der Waals surface area contributed by atoms with Gasteiger partial charge in [-0.3, -0.25) is 14.6 Å². The topological polar surface area (TPSA) is 158 Å². The molecule has 0 radical (unpaired) electrons. The summed E-state index contributed by atoms with van der Waals surface area (Å²) >= 11 is 0.787. The number of carboxylic acid groups (broad SMARTS) is 1. The number of nitrogen functional groups attached to an aromatic ring is 1. The van der Waals surface area contributed by atoms with Crippen molar-refractivity contribution in [3.63, 3.8) is 0 Å². The Labute approximate surface area is 103 Å². The molecule has 6 N–H and O–H groups in total. The maximum absolute atomic E-state index is 11.5. The van der Waals surface area contributed by atoms with Gasteiger partial charge in [0.1, 0.15) is 5.25 Å². The first-order chi connectivity index (χ1) is 8.51. The highest BCUT2D eigenvalue weighted by Gasteiger charge is 2.20. The van der Waals surface area contributed by atoms with Gasteiger partial charge in [-0.2, -0.15) is 4.98 Å². The molecule has 0 amide bonds. The van der Waals surface area contributed by atoms with Crippen LogP contribution in [0, 0.1) is 0 Å². The van der Waals surface area contributed by atoms with E-state index in [1.165, 1.54) is 0 Å². The largest absolute Gasteiger partial charge is 0.480 e. The van der Waals surface area contributed by atoms with Crippen LogP contribution in [0.2, 0.25) is 0 Å². The predicted octanol–water partition coefficient (Wildman–Crippen LogP) is -1.23. The number of rotatable bonds is 4. The Balaban J connectivity index is 2.39. The van der Waals surface area contributed by atoms with E-state index in [4.69, 9.17) is 15.9 Å². The van der Waals surface area contributed by atoms with Crippen molar-refractivity contribution in [3.05, 3.63) is 10.4 Å². The minimum atomic E-state index is -1.18. The van der Waals surface area contributed by atoms with Crippen LogP contribution < -0.4 is 11.3 Å². The summed E-state index contributed by atoms with van der Waals surface area (Å²) in [6.07, 6.45) is 0. The lowest BCUT2D eigenvalue weighted by Crippen LogP contribution is -2.20. The lowest BCUT2D eigenvalue weighted by atomic mass is 10.5. The van der Waals surface area contributed by atoms with Crippen LogP contribution in [0.15, 0.2) is 9.95 Å². The van der Waals surface area contributed by atoms with Crippen molar-refractivity contribution in [2.45, 2.75) is 10.4 Å². The van der Waals surface area contributed by atoms with Crippen LogP contribution in [0.4, 0.5) is 5.95 Å². The molecule has 1 atom stereocenters. The SMILES string of the molecule is Nc1nc2nc(SC(CO)C(=O)O)[nH]c2c(=O)[nH]1. The second-order valence-electron chi connectivity index (χ2n) is 3.32. The molecule has 0 bridgehead atoms. The molecule has 10 heteroatoms. The van der Waals surface area contributed by atoms with Crippen LogP contribution in [0.5, 0.6) is 0 Å². The first-order valence-corrected chi connectivity index (χ1v) is 5.65. The summed E-state index contributed by atoms with van der Waals surface area (Å²) in [6.45, 7) is -0.553. The molecule has 0 aliphatic carbocycles. The zero-order chi connectivity index (χ0) is 13.3. The number of imidazole rings is 1. The molecule has 1 unspecified atom stereocenters. The van der Waals surface area contributed by atoms with Gasteiger partial charge >= 0.3 is 5.97 Å².